The molecule has 2 N–H and O–H groups in total. The number of carbonyl (C=O) groups is 2. The molecule has 7 heteroatoms. The van der Waals surface area contributed by atoms with Gasteiger partial charge in [0, 0.05) is 6.07 Å². The number of hydrogen-bond acceptors (Lipinski definition) is 5. The Hall–Kier alpha value is -2.96. The van der Waals surface area contributed by atoms with Crippen LogP contribution in [0.2, 0.25) is 0 Å². The van der Waals surface area contributed by atoms with E-state index in [1.807, 2.05) is 0 Å². The van der Waals surface area contributed by atoms with Gasteiger partial charge in [0.2, 0.25) is 0 Å². The summed E-state index contributed by atoms with van der Waals surface area (Å²) < 4.78 is 15.3. The van der Waals surface area contributed by atoms with Gasteiger partial charge in [-0.2, -0.15) is 0 Å². The SMILES string of the molecule is COc1ccc(OC)c(NC(=O)C(=O)NCc2ccco2)c1. The lowest BCUT2D eigenvalue weighted by Gasteiger charge is -2.11. The van der Waals surface area contributed by atoms with Gasteiger partial charge in [-0.1, -0.05) is 0 Å². The fraction of sp³-hybridized carbons (Fsp3) is 0.200. The minimum absolute atomic E-state index is 0.133. The minimum atomic E-state index is -0.807. The molecule has 1 heterocycles. The lowest BCUT2D eigenvalue weighted by Crippen LogP contribution is -2.34. The summed E-state index contributed by atoms with van der Waals surface area (Å²) in [5.41, 5.74) is 0.347. The third-order valence-electron chi connectivity index (χ3n) is 2.86. The average Bonchev–Trinajstić information content (AvgIpc) is 3.05. The molecule has 2 rings (SSSR count). The molecule has 116 valence electrons. The minimum Gasteiger partial charge on any atom is -0.497 e. The number of anilines is 1. The number of furan rings is 1. The quantitative estimate of drug-likeness (QED) is 0.818. The van der Waals surface area contributed by atoms with Crippen LogP contribution in [0.1, 0.15) is 5.76 Å². The van der Waals surface area contributed by atoms with Crippen molar-refractivity contribution in [3.8, 4) is 11.5 Å². The number of amides is 2. The van der Waals surface area contributed by atoms with Crippen molar-refractivity contribution < 1.29 is 23.5 Å². The van der Waals surface area contributed by atoms with Gasteiger partial charge in [0.05, 0.1) is 32.7 Å². The standard InChI is InChI=1S/C15H16N2O5/c1-20-10-5-6-13(21-2)12(8-10)17-15(19)14(18)16-9-11-4-3-7-22-11/h3-8H,9H2,1-2H3,(H,16,18)(H,17,19). The van der Waals surface area contributed by atoms with Gasteiger partial charge in [0.1, 0.15) is 17.3 Å². The monoisotopic (exact) mass is 304 g/mol. The number of methoxy groups -OCH3 is 2. The summed E-state index contributed by atoms with van der Waals surface area (Å²) in [6.45, 7) is 0.133. The van der Waals surface area contributed by atoms with E-state index in [0.29, 0.717) is 22.9 Å². The van der Waals surface area contributed by atoms with E-state index >= 15 is 0 Å². The molecule has 0 aliphatic carbocycles. The van der Waals surface area contributed by atoms with Crippen molar-refractivity contribution in [2.75, 3.05) is 19.5 Å². The first-order valence-electron chi connectivity index (χ1n) is 6.47. The van der Waals surface area contributed by atoms with Crippen LogP contribution in [-0.4, -0.2) is 26.0 Å². The molecule has 1 aromatic carbocycles. The van der Waals surface area contributed by atoms with Crippen LogP contribution in [0.15, 0.2) is 41.0 Å². The van der Waals surface area contributed by atoms with E-state index in [1.54, 1.807) is 30.3 Å². The zero-order valence-corrected chi connectivity index (χ0v) is 12.2. The van der Waals surface area contributed by atoms with Crippen LogP contribution in [0, 0.1) is 0 Å². The summed E-state index contributed by atoms with van der Waals surface area (Å²) in [4.78, 5) is 23.6. The predicted octanol–water partition coefficient (Wildman–Crippen LogP) is 1.55. The van der Waals surface area contributed by atoms with Gasteiger partial charge >= 0.3 is 11.8 Å². The molecule has 0 spiro atoms. The first-order valence-corrected chi connectivity index (χ1v) is 6.47. The second kappa shape index (κ2) is 7.16. The van der Waals surface area contributed by atoms with Crippen molar-refractivity contribution in [3.63, 3.8) is 0 Å². The summed E-state index contributed by atoms with van der Waals surface area (Å²) >= 11 is 0. The Balaban J connectivity index is 1.99. The zero-order chi connectivity index (χ0) is 15.9. The molecule has 0 atom stereocenters. The molecule has 2 amide bonds. The molecule has 0 aliphatic rings. The normalized spacial score (nSPS) is 9.91. The van der Waals surface area contributed by atoms with Crippen LogP contribution in [0.25, 0.3) is 0 Å². The van der Waals surface area contributed by atoms with Crippen molar-refractivity contribution in [1.29, 1.82) is 0 Å². The van der Waals surface area contributed by atoms with Crippen molar-refractivity contribution in [2.24, 2.45) is 0 Å². The van der Waals surface area contributed by atoms with Gasteiger partial charge in [0.25, 0.3) is 0 Å². The Morgan fingerprint density at radius 1 is 1.14 bits per heavy atom. The van der Waals surface area contributed by atoms with Crippen LogP contribution in [0.5, 0.6) is 11.5 Å². The highest BCUT2D eigenvalue weighted by Gasteiger charge is 2.16. The van der Waals surface area contributed by atoms with E-state index in [-0.39, 0.29) is 6.54 Å². The van der Waals surface area contributed by atoms with E-state index < -0.39 is 11.8 Å². The number of nitrogens with one attached hydrogen (secondary N) is 2. The zero-order valence-electron chi connectivity index (χ0n) is 12.2. The van der Waals surface area contributed by atoms with Crippen LogP contribution < -0.4 is 20.1 Å². The van der Waals surface area contributed by atoms with Crippen LogP contribution >= 0.6 is 0 Å². The molecular weight excluding hydrogens is 288 g/mol. The third kappa shape index (κ3) is 3.78. The predicted molar refractivity (Wildman–Crippen MR) is 78.7 cm³/mol. The van der Waals surface area contributed by atoms with E-state index in [1.165, 1.54) is 20.5 Å². The number of carbonyl (C=O) groups excluding carboxylic acids is 2. The molecule has 0 unspecified atom stereocenters. The number of benzene rings is 1. The molecule has 0 fully saturated rings. The molecule has 22 heavy (non-hydrogen) atoms. The largest absolute Gasteiger partial charge is 0.497 e. The van der Waals surface area contributed by atoms with Crippen molar-refractivity contribution >= 4 is 17.5 Å². The van der Waals surface area contributed by atoms with E-state index in [2.05, 4.69) is 10.6 Å². The fourth-order valence-corrected chi connectivity index (χ4v) is 1.75. The number of hydrogen-bond donors (Lipinski definition) is 2. The lowest BCUT2D eigenvalue weighted by atomic mass is 10.2. The van der Waals surface area contributed by atoms with E-state index in [9.17, 15) is 9.59 Å². The lowest BCUT2D eigenvalue weighted by molar-refractivity contribution is -0.136. The Morgan fingerprint density at radius 2 is 1.95 bits per heavy atom. The van der Waals surface area contributed by atoms with E-state index in [4.69, 9.17) is 13.9 Å². The maximum absolute atomic E-state index is 11.9. The summed E-state index contributed by atoms with van der Waals surface area (Å²) in [7, 11) is 2.97. The third-order valence-corrected chi connectivity index (χ3v) is 2.86. The molecule has 0 bridgehead atoms. The van der Waals surface area contributed by atoms with Gasteiger partial charge in [-0.25, -0.2) is 0 Å². The van der Waals surface area contributed by atoms with Gasteiger partial charge in [-0.15, -0.1) is 0 Å². The Bertz CT molecular complexity index is 652. The van der Waals surface area contributed by atoms with E-state index in [0.717, 1.165) is 0 Å². The maximum Gasteiger partial charge on any atom is 0.313 e. The average molecular weight is 304 g/mol. The van der Waals surface area contributed by atoms with Crippen molar-refractivity contribution in [3.05, 3.63) is 42.4 Å². The summed E-state index contributed by atoms with van der Waals surface area (Å²) in [6, 6.07) is 8.28. The second-order valence-corrected chi connectivity index (χ2v) is 4.28. The van der Waals surface area contributed by atoms with Crippen LogP contribution in [0.4, 0.5) is 5.69 Å². The Morgan fingerprint density at radius 3 is 2.59 bits per heavy atom. The molecule has 0 aliphatic heterocycles. The van der Waals surface area contributed by atoms with Crippen molar-refractivity contribution in [2.45, 2.75) is 6.54 Å². The Kier molecular flexibility index (Phi) is 5.02. The smallest absolute Gasteiger partial charge is 0.313 e. The fourth-order valence-electron chi connectivity index (χ4n) is 1.75. The van der Waals surface area contributed by atoms with Crippen LogP contribution in [-0.2, 0) is 16.1 Å². The second-order valence-electron chi connectivity index (χ2n) is 4.28. The van der Waals surface area contributed by atoms with Gasteiger partial charge in [-0.05, 0) is 24.3 Å². The molecular formula is C15H16N2O5. The topological polar surface area (TPSA) is 89.8 Å². The molecule has 0 saturated carbocycles. The van der Waals surface area contributed by atoms with Crippen molar-refractivity contribution in [1.82, 2.24) is 5.32 Å². The molecule has 0 radical (unpaired) electrons. The highest BCUT2D eigenvalue weighted by atomic mass is 16.5. The maximum atomic E-state index is 11.9. The molecule has 2 aromatic rings. The van der Waals surface area contributed by atoms with Gasteiger partial charge in [-0.3, -0.25) is 9.59 Å². The number of ether oxygens (including phenoxy) is 2. The number of rotatable bonds is 5. The molecule has 1 aromatic heterocycles. The van der Waals surface area contributed by atoms with Gasteiger partial charge in [0.15, 0.2) is 0 Å². The van der Waals surface area contributed by atoms with Gasteiger partial charge < -0.3 is 24.5 Å². The first kappa shape index (κ1) is 15.4. The Labute approximate surface area is 127 Å². The van der Waals surface area contributed by atoms with Crippen LogP contribution in [0.3, 0.4) is 0 Å². The summed E-state index contributed by atoms with van der Waals surface area (Å²) in [5.74, 6) is -0.0698. The first-order chi connectivity index (χ1) is 10.6. The highest BCUT2D eigenvalue weighted by Crippen LogP contribution is 2.28. The molecule has 7 nitrogen and oxygen atoms in total. The summed E-state index contributed by atoms with van der Waals surface area (Å²) in [5, 5.41) is 4.93. The highest BCUT2D eigenvalue weighted by molar-refractivity contribution is 6.39. The summed E-state index contributed by atoms with van der Waals surface area (Å²) in [6.07, 6.45) is 1.49. The molecule has 0 saturated heterocycles.